The van der Waals surface area contributed by atoms with Gasteiger partial charge in [-0.05, 0) is 54.8 Å². The summed E-state index contributed by atoms with van der Waals surface area (Å²) in [6.45, 7) is 4.67. The van der Waals surface area contributed by atoms with Crippen molar-refractivity contribution < 1.29 is 19.0 Å². The van der Waals surface area contributed by atoms with Gasteiger partial charge in [-0.15, -0.1) is 0 Å². The molecule has 180 valence electrons. The van der Waals surface area contributed by atoms with Gasteiger partial charge in [-0.25, -0.2) is 4.98 Å². The highest BCUT2D eigenvalue weighted by Crippen LogP contribution is 2.41. The number of aromatic nitrogens is 1. The van der Waals surface area contributed by atoms with Crippen molar-refractivity contribution in [1.29, 1.82) is 0 Å². The molecule has 0 bridgehead atoms. The summed E-state index contributed by atoms with van der Waals surface area (Å²) in [6, 6.07) is 19.4. The van der Waals surface area contributed by atoms with E-state index in [9.17, 15) is 4.79 Å². The SMILES string of the molecule is COc1cc(-c2cc(C(=O)N(C)Cc3c(C)cccc3C)c3ccccc3n2)cc(OC)c1OC. The van der Waals surface area contributed by atoms with Crippen LogP contribution in [-0.2, 0) is 6.54 Å². The summed E-state index contributed by atoms with van der Waals surface area (Å²) in [5, 5.41) is 0.807. The molecule has 0 radical (unpaired) electrons. The Labute approximate surface area is 206 Å². The molecule has 0 aliphatic heterocycles. The summed E-state index contributed by atoms with van der Waals surface area (Å²) in [6.07, 6.45) is 0. The van der Waals surface area contributed by atoms with Crippen molar-refractivity contribution in [3.05, 3.63) is 82.9 Å². The van der Waals surface area contributed by atoms with E-state index in [1.165, 1.54) is 11.1 Å². The summed E-state index contributed by atoms with van der Waals surface area (Å²) >= 11 is 0. The van der Waals surface area contributed by atoms with E-state index in [0.717, 1.165) is 22.0 Å². The van der Waals surface area contributed by atoms with Crippen molar-refractivity contribution in [3.63, 3.8) is 0 Å². The molecule has 3 aromatic carbocycles. The van der Waals surface area contributed by atoms with Crippen LogP contribution >= 0.6 is 0 Å². The Hall–Kier alpha value is -4.06. The Balaban J connectivity index is 1.82. The Kier molecular flexibility index (Phi) is 6.92. The minimum atomic E-state index is -0.0695. The highest BCUT2D eigenvalue weighted by atomic mass is 16.5. The maximum absolute atomic E-state index is 13.7. The Morgan fingerprint density at radius 1 is 0.857 bits per heavy atom. The number of aryl methyl sites for hydroxylation is 2. The molecular formula is C29H30N2O4. The van der Waals surface area contributed by atoms with Gasteiger partial charge in [0.2, 0.25) is 5.75 Å². The molecule has 0 saturated heterocycles. The number of amides is 1. The topological polar surface area (TPSA) is 60.9 Å². The molecule has 0 saturated carbocycles. The fourth-order valence-electron chi connectivity index (χ4n) is 4.34. The minimum Gasteiger partial charge on any atom is -0.493 e. The molecule has 35 heavy (non-hydrogen) atoms. The predicted molar refractivity (Wildman–Crippen MR) is 139 cm³/mol. The lowest BCUT2D eigenvalue weighted by molar-refractivity contribution is 0.0786. The molecule has 1 heterocycles. The second-order valence-electron chi connectivity index (χ2n) is 8.52. The van der Waals surface area contributed by atoms with E-state index in [4.69, 9.17) is 19.2 Å². The number of carbonyl (C=O) groups excluding carboxylic acids is 1. The van der Waals surface area contributed by atoms with Crippen LogP contribution in [0.15, 0.2) is 60.7 Å². The van der Waals surface area contributed by atoms with Crippen molar-refractivity contribution in [2.75, 3.05) is 28.4 Å². The zero-order chi connectivity index (χ0) is 25.1. The van der Waals surface area contributed by atoms with E-state index in [0.29, 0.717) is 35.1 Å². The van der Waals surface area contributed by atoms with Crippen molar-refractivity contribution in [1.82, 2.24) is 9.88 Å². The molecule has 4 aromatic rings. The summed E-state index contributed by atoms with van der Waals surface area (Å²) < 4.78 is 16.5. The third-order valence-electron chi connectivity index (χ3n) is 6.29. The fourth-order valence-corrected chi connectivity index (χ4v) is 4.34. The van der Waals surface area contributed by atoms with Gasteiger partial charge in [0.25, 0.3) is 5.91 Å². The summed E-state index contributed by atoms with van der Waals surface area (Å²) in [5.41, 5.74) is 6.23. The number of hydrogen-bond donors (Lipinski definition) is 0. The van der Waals surface area contributed by atoms with Crippen LogP contribution in [-0.4, -0.2) is 44.2 Å². The average molecular weight is 471 g/mol. The highest BCUT2D eigenvalue weighted by Gasteiger charge is 2.21. The molecule has 4 rings (SSSR count). The van der Waals surface area contributed by atoms with E-state index in [-0.39, 0.29) is 5.91 Å². The molecule has 0 N–H and O–H groups in total. The molecule has 0 fully saturated rings. The van der Waals surface area contributed by atoms with Gasteiger partial charge in [0.05, 0.1) is 38.1 Å². The smallest absolute Gasteiger partial charge is 0.254 e. The molecule has 1 aromatic heterocycles. The zero-order valence-corrected chi connectivity index (χ0v) is 21.0. The monoisotopic (exact) mass is 470 g/mol. The molecule has 0 unspecified atom stereocenters. The molecule has 0 aliphatic rings. The Morgan fingerprint density at radius 3 is 2.09 bits per heavy atom. The fraction of sp³-hybridized carbons (Fsp3) is 0.241. The summed E-state index contributed by atoms with van der Waals surface area (Å²) in [7, 11) is 6.55. The van der Waals surface area contributed by atoms with Crippen molar-refractivity contribution in [3.8, 4) is 28.5 Å². The molecule has 0 spiro atoms. The minimum absolute atomic E-state index is 0.0695. The molecule has 0 aliphatic carbocycles. The third kappa shape index (κ3) is 4.64. The number of benzene rings is 3. The van der Waals surface area contributed by atoms with Crippen LogP contribution in [0.4, 0.5) is 0 Å². The van der Waals surface area contributed by atoms with Crippen LogP contribution in [0.1, 0.15) is 27.0 Å². The van der Waals surface area contributed by atoms with Gasteiger partial charge >= 0.3 is 0 Å². The number of methoxy groups -OCH3 is 3. The number of para-hydroxylation sites is 1. The lowest BCUT2D eigenvalue weighted by atomic mass is 10.0. The number of pyridine rings is 1. The zero-order valence-electron chi connectivity index (χ0n) is 21.0. The van der Waals surface area contributed by atoms with E-state index in [1.54, 1.807) is 26.2 Å². The van der Waals surface area contributed by atoms with Crippen molar-refractivity contribution >= 4 is 16.8 Å². The maximum Gasteiger partial charge on any atom is 0.254 e. The van der Waals surface area contributed by atoms with Gasteiger partial charge in [-0.2, -0.15) is 0 Å². The van der Waals surface area contributed by atoms with Gasteiger partial charge in [0.15, 0.2) is 11.5 Å². The van der Waals surface area contributed by atoms with E-state index < -0.39 is 0 Å². The van der Waals surface area contributed by atoms with Crippen molar-refractivity contribution in [2.45, 2.75) is 20.4 Å². The van der Waals surface area contributed by atoms with Gasteiger partial charge in [-0.3, -0.25) is 4.79 Å². The van der Waals surface area contributed by atoms with E-state index >= 15 is 0 Å². The average Bonchev–Trinajstić information content (AvgIpc) is 2.88. The molecule has 1 amide bonds. The van der Waals surface area contributed by atoms with Crippen LogP contribution in [0.5, 0.6) is 17.2 Å². The first-order chi connectivity index (χ1) is 16.9. The number of fused-ring (bicyclic) bond motifs is 1. The maximum atomic E-state index is 13.7. The highest BCUT2D eigenvalue weighted by molar-refractivity contribution is 6.07. The van der Waals surface area contributed by atoms with Crippen LogP contribution in [0, 0.1) is 13.8 Å². The van der Waals surface area contributed by atoms with E-state index in [1.807, 2.05) is 55.6 Å². The first-order valence-corrected chi connectivity index (χ1v) is 11.4. The quantitative estimate of drug-likeness (QED) is 0.341. The van der Waals surface area contributed by atoms with Crippen LogP contribution in [0.2, 0.25) is 0 Å². The lowest BCUT2D eigenvalue weighted by Gasteiger charge is -2.21. The van der Waals surface area contributed by atoms with Crippen LogP contribution < -0.4 is 14.2 Å². The number of hydrogen-bond acceptors (Lipinski definition) is 5. The second-order valence-corrected chi connectivity index (χ2v) is 8.52. The molecular weight excluding hydrogens is 440 g/mol. The first-order valence-electron chi connectivity index (χ1n) is 11.4. The predicted octanol–water partition coefficient (Wildman–Crippen LogP) is 5.82. The first kappa shape index (κ1) is 24.1. The Bertz CT molecular complexity index is 1350. The summed E-state index contributed by atoms with van der Waals surface area (Å²) in [4.78, 5) is 20.3. The number of nitrogens with zero attached hydrogens (tertiary/aromatic N) is 2. The van der Waals surface area contributed by atoms with E-state index in [2.05, 4.69) is 26.0 Å². The number of ether oxygens (including phenoxy) is 3. The van der Waals surface area contributed by atoms with Crippen molar-refractivity contribution in [2.24, 2.45) is 0 Å². The molecule has 0 atom stereocenters. The van der Waals surface area contributed by atoms with Crippen LogP contribution in [0.3, 0.4) is 0 Å². The molecule has 6 heteroatoms. The number of rotatable bonds is 7. The van der Waals surface area contributed by atoms with Crippen LogP contribution in [0.25, 0.3) is 22.2 Å². The van der Waals surface area contributed by atoms with Gasteiger partial charge in [0.1, 0.15) is 0 Å². The standard InChI is InChI=1S/C29H30N2O4/c1-18-10-9-11-19(2)23(18)17-31(3)29(32)22-16-25(30-24-13-8-7-12-21(22)24)20-14-26(33-4)28(35-6)27(15-20)34-5/h7-16H,17H2,1-6H3. The number of carbonyl (C=O) groups is 1. The normalized spacial score (nSPS) is 10.8. The van der Waals surface area contributed by atoms with Gasteiger partial charge in [0, 0.05) is 24.5 Å². The second kappa shape index (κ2) is 10.1. The summed E-state index contributed by atoms with van der Waals surface area (Å²) in [5.74, 6) is 1.48. The Morgan fingerprint density at radius 2 is 1.49 bits per heavy atom. The third-order valence-corrected chi connectivity index (χ3v) is 6.29. The lowest BCUT2D eigenvalue weighted by Crippen LogP contribution is -2.27. The largest absolute Gasteiger partial charge is 0.493 e. The van der Waals surface area contributed by atoms with Gasteiger partial charge in [-0.1, -0.05) is 36.4 Å². The molecule has 6 nitrogen and oxygen atoms in total. The van der Waals surface area contributed by atoms with Gasteiger partial charge < -0.3 is 19.1 Å².